The van der Waals surface area contributed by atoms with E-state index in [1.807, 2.05) is 6.07 Å². The molecule has 3 rings (SSSR count). The van der Waals surface area contributed by atoms with E-state index in [1.165, 1.54) is 0 Å². The fourth-order valence-corrected chi connectivity index (χ4v) is 2.50. The topological polar surface area (TPSA) is 59.9 Å². The molecular formula is C18H15ClN2O3. The second-order valence-corrected chi connectivity index (χ2v) is 5.54. The van der Waals surface area contributed by atoms with Crippen LogP contribution in [0.15, 0.2) is 53.2 Å². The van der Waals surface area contributed by atoms with Crippen molar-refractivity contribution in [2.24, 2.45) is 4.99 Å². The van der Waals surface area contributed by atoms with Crippen molar-refractivity contribution in [2.75, 3.05) is 14.2 Å². The van der Waals surface area contributed by atoms with Gasteiger partial charge < -0.3 is 14.8 Å². The molecule has 1 aliphatic heterocycles. The second-order valence-electron chi connectivity index (χ2n) is 5.10. The molecular weight excluding hydrogens is 328 g/mol. The van der Waals surface area contributed by atoms with Gasteiger partial charge >= 0.3 is 0 Å². The van der Waals surface area contributed by atoms with Gasteiger partial charge in [0, 0.05) is 16.7 Å². The third-order valence-electron chi connectivity index (χ3n) is 3.47. The number of carbonyl (C=O) groups excluding carboxylic acids is 1. The molecule has 0 radical (unpaired) electrons. The van der Waals surface area contributed by atoms with Gasteiger partial charge in [-0.3, -0.25) is 4.79 Å². The Kier molecular flexibility index (Phi) is 4.53. The summed E-state index contributed by atoms with van der Waals surface area (Å²) in [5.74, 6) is 1.48. The van der Waals surface area contributed by atoms with E-state index in [1.54, 1.807) is 56.7 Å². The number of ether oxygens (including phenoxy) is 2. The number of methoxy groups -OCH3 is 2. The normalized spacial score (nSPS) is 15.2. The van der Waals surface area contributed by atoms with Crippen LogP contribution < -0.4 is 14.8 Å². The van der Waals surface area contributed by atoms with Gasteiger partial charge in [-0.15, -0.1) is 0 Å². The lowest BCUT2D eigenvalue weighted by Gasteiger charge is -2.05. The molecule has 0 aromatic heterocycles. The minimum absolute atomic E-state index is 0.272. The average Bonchev–Trinajstić information content (AvgIpc) is 2.95. The molecule has 0 spiro atoms. The fraction of sp³-hybridized carbons (Fsp3) is 0.111. The molecule has 2 aromatic carbocycles. The van der Waals surface area contributed by atoms with E-state index in [9.17, 15) is 4.79 Å². The number of carbonyl (C=O) groups is 1. The van der Waals surface area contributed by atoms with Crippen LogP contribution in [0.5, 0.6) is 11.5 Å². The Labute approximate surface area is 144 Å². The van der Waals surface area contributed by atoms with Gasteiger partial charge in [0.25, 0.3) is 5.91 Å². The summed E-state index contributed by atoms with van der Waals surface area (Å²) in [6.07, 6.45) is 1.68. The number of amidine groups is 1. The molecule has 0 saturated carbocycles. The number of rotatable bonds is 4. The number of amides is 1. The quantitative estimate of drug-likeness (QED) is 0.867. The maximum Gasteiger partial charge on any atom is 0.275 e. The lowest BCUT2D eigenvalue weighted by atomic mass is 10.1. The number of aliphatic imine (C=N–C) groups is 1. The van der Waals surface area contributed by atoms with Crippen molar-refractivity contribution in [3.05, 3.63) is 64.3 Å². The third-order valence-corrected chi connectivity index (χ3v) is 3.71. The summed E-state index contributed by atoms with van der Waals surface area (Å²) in [6.45, 7) is 0. The third kappa shape index (κ3) is 3.41. The summed E-state index contributed by atoms with van der Waals surface area (Å²) in [4.78, 5) is 16.5. The van der Waals surface area contributed by atoms with Crippen molar-refractivity contribution < 1.29 is 14.3 Å². The van der Waals surface area contributed by atoms with Crippen molar-refractivity contribution in [1.82, 2.24) is 5.32 Å². The largest absolute Gasteiger partial charge is 0.497 e. The monoisotopic (exact) mass is 342 g/mol. The summed E-state index contributed by atoms with van der Waals surface area (Å²) in [5.41, 5.74) is 1.81. The van der Waals surface area contributed by atoms with E-state index in [0.717, 1.165) is 11.1 Å². The van der Waals surface area contributed by atoms with E-state index in [4.69, 9.17) is 21.1 Å². The standard InChI is InChI=1S/C18H15ClN2O3/c1-23-14-6-11(7-15(10-14)24-2)8-16-18(22)21-17(20-16)12-4-3-5-13(19)9-12/h3-10H,1-2H3,(H,20,21,22)/b16-8+. The van der Waals surface area contributed by atoms with E-state index >= 15 is 0 Å². The molecule has 0 fully saturated rings. The molecule has 0 atom stereocenters. The van der Waals surface area contributed by atoms with Crippen molar-refractivity contribution in [3.63, 3.8) is 0 Å². The average molecular weight is 343 g/mol. The Morgan fingerprint density at radius 1 is 1.08 bits per heavy atom. The lowest BCUT2D eigenvalue weighted by molar-refractivity contribution is -0.115. The van der Waals surface area contributed by atoms with Gasteiger partial charge in [0.15, 0.2) is 0 Å². The van der Waals surface area contributed by atoms with Crippen molar-refractivity contribution in [2.45, 2.75) is 0 Å². The van der Waals surface area contributed by atoms with Crippen molar-refractivity contribution in [1.29, 1.82) is 0 Å². The highest BCUT2D eigenvalue weighted by Crippen LogP contribution is 2.25. The molecule has 0 aliphatic carbocycles. The van der Waals surface area contributed by atoms with Crippen molar-refractivity contribution >= 4 is 29.4 Å². The number of halogens is 1. The maximum absolute atomic E-state index is 12.2. The highest BCUT2D eigenvalue weighted by molar-refractivity contribution is 6.31. The van der Waals surface area contributed by atoms with Crippen LogP contribution in [0.2, 0.25) is 5.02 Å². The summed E-state index contributed by atoms with van der Waals surface area (Å²) in [7, 11) is 3.15. The van der Waals surface area contributed by atoms with Crippen LogP contribution in [0, 0.1) is 0 Å². The zero-order valence-electron chi connectivity index (χ0n) is 13.2. The van der Waals surface area contributed by atoms with Gasteiger partial charge in [-0.05, 0) is 35.9 Å². The van der Waals surface area contributed by atoms with Crippen LogP contribution in [0.4, 0.5) is 0 Å². The zero-order chi connectivity index (χ0) is 17.1. The summed E-state index contributed by atoms with van der Waals surface area (Å²) in [5, 5.41) is 3.33. The highest BCUT2D eigenvalue weighted by atomic mass is 35.5. The molecule has 1 heterocycles. The number of hydrogen-bond donors (Lipinski definition) is 1. The molecule has 1 amide bonds. The fourth-order valence-electron chi connectivity index (χ4n) is 2.31. The second kappa shape index (κ2) is 6.76. The molecule has 1 N–H and O–H groups in total. The number of benzene rings is 2. The van der Waals surface area contributed by atoms with Crippen LogP contribution in [0.1, 0.15) is 11.1 Å². The predicted octanol–water partition coefficient (Wildman–Crippen LogP) is 3.27. The Morgan fingerprint density at radius 3 is 2.42 bits per heavy atom. The first-order chi connectivity index (χ1) is 11.6. The number of nitrogens with one attached hydrogen (secondary N) is 1. The zero-order valence-corrected chi connectivity index (χ0v) is 13.9. The van der Waals surface area contributed by atoms with Gasteiger partial charge in [-0.1, -0.05) is 23.7 Å². The summed E-state index contributed by atoms with van der Waals surface area (Å²) in [6, 6.07) is 12.5. The lowest BCUT2D eigenvalue weighted by Crippen LogP contribution is -2.24. The highest BCUT2D eigenvalue weighted by Gasteiger charge is 2.21. The molecule has 1 aliphatic rings. The number of hydrogen-bond acceptors (Lipinski definition) is 4. The van der Waals surface area contributed by atoms with Crippen LogP contribution in [-0.2, 0) is 4.79 Å². The summed E-state index contributed by atoms with van der Waals surface area (Å²) >= 11 is 5.98. The van der Waals surface area contributed by atoms with Crippen LogP contribution in [0.3, 0.4) is 0 Å². The molecule has 0 unspecified atom stereocenters. The van der Waals surface area contributed by atoms with Gasteiger partial charge in [-0.2, -0.15) is 0 Å². The maximum atomic E-state index is 12.2. The molecule has 0 saturated heterocycles. The smallest absolute Gasteiger partial charge is 0.275 e. The van der Waals surface area contributed by atoms with Crippen molar-refractivity contribution in [3.8, 4) is 11.5 Å². The first-order valence-corrected chi connectivity index (χ1v) is 7.57. The van der Waals surface area contributed by atoms with Gasteiger partial charge in [0.1, 0.15) is 23.0 Å². The molecule has 2 aromatic rings. The molecule has 122 valence electrons. The van der Waals surface area contributed by atoms with E-state index in [-0.39, 0.29) is 5.91 Å². The van der Waals surface area contributed by atoms with Gasteiger partial charge in [0.05, 0.1) is 14.2 Å². The van der Waals surface area contributed by atoms with E-state index in [0.29, 0.717) is 28.1 Å². The minimum Gasteiger partial charge on any atom is -0.497 e. The predicted molar refractivity (Wildman–Crippen MR) is 93.7 cm³/mol. The first-order valence-electron chi connectivity index (χ1n) is 7.20. The first kappa shape index (κ1) is 16.1. The van der Waals surface area contributed by atoms with Crippen LogP contribution >= 0.6 is 11.6 Å². The molecule has 0 bridgehead atoms. The Hall–Kier alpha value is -2.79. The SMILES string of the molecule is COc1cc(/C=C2/N=C(c3cccc(Cl)c3)NC2=O)cc(OC)c1. The molecule has 5 nitrogen and oxygen atoms in total. The Morgan fingerprint density at radius 2 is 1.79 bits per heavy atom. The minimum atomic E-state index is -0.272. The van der Waals surface area contributed by atoms with E-state index in [2.05, 4.69) is 10.3 Å². The molecule has 24 heavy (non-hydrogen) atoms. The summed E-state index contributed by atoms with van der Waals surface area (Å²) < 4.78 is 10.5. The van der Waals surface area contributed by atoms with Gasteiger partial charge in [-0.25, -0.2) is 4.99 Å². The van der Waals surface area contributed by atoms with Gasteiger partial charge in [0.2, 0.25) is 0 Å². The Bertz CT molecular complexity index is 837. The van der Waals surface area contributed by atoms with Crippen LogP contribution in [-0.4, -0.2) is 26.0 Å². The Balaban J connectivity index is 1.97. The number of nitrogens with zero attached hydrogens (tertiary/aromatic N) is 1. The van der Waals surface area contributed by atoms with Crippen LogP contribution in [0.25, 0.3) is 6.08 Å². The van der Waals surface area contributed by atoms with E-state index < -0.39 is 0 Å². The molecule has 6 heteroatoms.